The van der Waals surface area contributed by atoms with Crippen LogP contribution in [-0.4, -0.2) is 29.9 Å². The molecule has 1 N–H and O–H groups in total. The third-order valence-corrected chi connectivity index (χ3v) is 4.47. The van der Waals surface area contributed by atoms with E-state index in [9.17, 15) is 0 Å². The van der Waals surface area contributed by atoms with Gasteiger partial charge in [-0.25, -0.2) is 10.1 Å². The summed E-state index contributed by atoms with van der Waals surface area (Å²) >= 11 is 6.27. The molecule has 23 heavy (non-hydrogen) atoms. The Morgan fingerprint density at radius 1 is 1.30 bits per heavy atom. The first-order valence-corrected chi connectivity index (χ1v) is 8.44. The van der Waals surface area contributed by atoms with Crippen molar-refractivity contribution in [2.24, 2.45) is 0 Å². The number of thioether (sulfide) groups is 1. The van der Waals surface area contributed by atoms with Crippen LogP contribution in [0.5, 0.6) is 0 Å². The zero-order valence-corrected chi connectivity index (χ0v) is 13.8. The van der Waals surface area contributed by atoms with Crippen molar-refractivity contribution >= 4 is 46.0 Å². The molecular weight excluding hydrogens is 332 g/mol. The molecule has 0 radical (unpaired) electrons. The van der Waals surface area contributed by atoms with Gasteiger partial charge in [-0.3, -0.25) is 0 Å². The van der Waals surface area contributed by atoms with E-state index in [0.29, 0.717) is 16.8 Å². The van der Waals surface area contributed by atoms with Crippen LogP contribution < -0.4 is 0 Å². The van der Waals surface area contributed by atoms with Gasteiger partial charge in [-0.2, -0.15) is 0 Å². The predicted octanol–water partition coefficient (Wildman–Crippen LogP) is 3.34. The zero-order chi connectivity index (χ0) is 15.8. The average molecular weight is 344 g/mol. The van der Waals surface area contributed by atoms with Crippen molar-refractivity contribution in [2.45, 2.75) is 24.4 Å². The Balaban J connectivity index is 1.75. The fourth-order valence-electron chi connectivity index (χ4n) is 2.52. The van der Waals surface area contributed by atoms with Crippen LogP contribution in [0.2, 0.25) is 0 Å². The van der Waals surface area contributed by atoms with Crippen LogP contribution in [0.3, 0.4) is 0 Å². The first kappa shape index (κ1) is 14.3. The van der Waals surface area contributed by atoms with Crippen LogP contribution in [0.1, 0.15) is 12.8 Å². The van der Waals surface area contributed by atoms with Gasteiger partial charge < -0.3 is 8.98 Å². The summed E-state index contributed by atoms with van der Waals surface area (Å²) in [5.41, 5.74) is 2.78. The van der Waals surface area contributed by atoms with Crippen molar-refractivity contribution in [3.63, 3.8) is 0 Å². The van der Waals surface area contributed by atoms with Crippen LogP contribution >= 0.6 is 24.0 Å². The van der Waals surface area contributed by atoms with Crippen molar-refractivity contribution in [1.29, 1.82) is 0 Å². The van der Waals surface area contributed by atoms with Gasteiger partial charge in [-0.05, 0) is 25.2 Å². The minimum atomic E-state index is 0.265. The van der Waals surface area contributed by atoms with Gasteiger partial charge in [0.15, 0.2) is 5.65 Å². The topological polar surface area (TPSA) is 85.4 Å². The zero-order valence-electron chi connectivity index (χ0n) is 12.2. The Morgan fingerprint density at radius 2 is 2.17 bits per heavy atom. The molecule has 0 unspecified atom stereocenters. The number of aryl methyl sites for hydroxylation is 1. The number of benzene rings is 1. The molecule has 0 aliphatic rings. The second-order valence-corrected chi connectivity index (χ2v) is 6.14. The number of nitrogens with zero attached hydrogens (tertiary/aromatic N) is 5. The SMILES string of the molecule is CCn1c2ccccc2c2nnc(SCc3n[nH]c(=S)o3)nc21. The maximum absolute atomic E-state index is 5.23. The molecular formula is C14H12N6OS2. The molecule has 4 rings (SSSR count). The number of fused-ring (bicyclic) bond motifs is 3. The number of H-pyrrole nitrogens is 1. The van der Waals surface area contributed by atoms with Crippen LogP contribution in [0, 0.1) is 4.84 Å². The van der Waals surface area contributed by atoms with E-state index in [1.54, 1.807) is 0 Å². The summed E-state index contributed by atoms with van der Waals surface area (Å²) in [6, 6.07) is 8.13. The summed E-state index contributed by atoms with van der Waals surface area (Å²) in [5.74, 6) is 1.01. The minimum Gasteiger partial charge on any atom is -0.413 e. The highest BCUT2D eigenvalue weighted by atomic mass is 32.2. The number of hydrogen-bond acceptors (Lipinski definition) is 7. The molecule has 0 aliphatic carbocycles. The lowest BCUT2D eigenvalue weighted by atomic mass is 10.2. The Labute approximate surface area is 140 Å². The highest BCUT2D eigenvalue weighted by Gasteiger charge is 2.14. The molecule has 0 bridgehead atoms. The summed E-state index contributed by atoms with van der Waals surface area (Å²) in [7, 11) is 0. The van der Waals surface area contributed by atoms with E-state index in [1.165, 1.54) is 11.8 Å². The van der Waals surface area contributed by atoms with Gasteiger partial charge in [0, 0.05) is 11.9 Å². The number of hydrogen-bond donors (Lipinski definition) is 1. The van der Waals surface area contributed by atoms with Crippen LogP contribution in [0.15, 0.2) is 33.8 Å². The molecule has 0 atom stereocenters. The van der Waals surface area contributed by atoms with Crippen molar-refractivity contribution in [1.82, 2.24) is 29.9 Å². The predicted molar refractivity (Wildman–Crippen MR) is 89.8 cm³/mol. The van der Waals surface area contributed by atoms with Crippen molar-refractivity contribution in [3.8, 4) is 0 Å². The molecule has 0 spiro atoms. The fourth-order valence-corrected chi connectivity index (χ4v) is 3.29. The van der Waals surface area contributed by atoms with Crippen molar-refractivity contribution in [3.05, 3.63) is 35.0 Å². The van der Waals surface area contributed by atoms with E-state index >= 15 is 0 Å². The standard InChI is InChI=1S/C14H12N6OS2/c1-2-20-9-6-4-3-5-8(9)11-12(20)15-13(18-17-11)23-7-10-16-19-14(22)21-10/h3-6H,2,7H2,1H3,(H,19,22). The van der Waals surface area contributed by atoms with E-state index in [1.807, 2.05) is 18.2 Å². The third kappa shape index (κ3) is 2.51. The first-order valence-electron chi connectivity index (χ1n) is 7.05. The average Bonchev–Trinajstić information content (AvgIpc) is 3.13. The molecule has 0 saturated carbocycles. The van der Waals surface area contributed by atoms with Crippen LogP contribution in [0.25, 0.3) is 22.1 Å². The Kier molecular flexibility index (Phi) is 3.58. The summed E-state index contributed by atoms with van der Waals surface area (Å²) in [4.78, 5) is 4.92. The lowest BCUT2D eigenvalue weighted by Gasteiger charge is -2.02. The largest absolute Gasteiger partial charge is 0.413 e. The van der Waals surface area contributed by atoms with Gasteiger partial charge in [-0.15, -0.1) is 15.3 Å². The Morgan fingerprint density at radius 3 is 2.96 bits per heavy atom. The van der Waals surface area contributed by atoms with E-state index in [2.05, 4.69) is 42.9 Å². The lowest BCUT2D eigenvalue weighted by Crippen LogP contribution is -1.98. The van der Waals surface area contributed by atoms with Crippen LogP contribution in [-0.2, 0) is 12.3 Å². The van der Waals surface area contributed by atoms with E-state index < -0.39 is 0 Å². The second-order valence-electron chi connectivity index (χ2n) is 4.82. The van der Waals surface area contributed by atoms with Crippen LogP contribution in [0.4, 0.5) is 0 Å². The molecule has 3 heterocycles. The molecule has 9 heteroatoms. The normalized spacial score (nSPS) is 11.5. The van der Waals surface area contributed by atoms with E-state index in [4.69, 9.17) is 16.6 Å². The highest BCUT2D eigenvalue weighted by molar-refractivity contribution is 7.98. The quantitative estimate of drug-likeness (QED) is 0.449. The molecule has 0 saturated heterocycles. The number of nitrogens with one attached hydrogen (secondary N) is 1. The Hall–Kier alpha value is -2.26. The van der Waals surface area contributed by atoms with Crippen molar-refractivity contribution in [2.75, 3.05) is 0 Å². The number of aromatic amines is 1. The molecule has 0 amide bonds. The monoisotopic (exact) mass is 344 g/mol. The van der Waals surface area contributed by atoms with Crippen molar-refractivity contribution < 1.29 is 4.42 Å². The molecule has 0 aliphatic heterocycles. The second kappa shape index (κ2) is 5.74. The number of aromatic nitrogens is 6. The maximum Gasteiger partial charge on any atom is 0.284 e. The molecule has 3 aromatic heterocycles. The van der Waals surface area contributed by atoms with E-state index in [0.717, 1.165) is 28.6 Å². The number of rotatable bonds is 4. The van der Waals surface area contributed by atoms with Gasteiger partial charge >= 0.3 is 0 Å². The minimum absolute atomic E-state index is 0.265. The lowest BCUT2D eigenvalue weighted by molar-refractivity contribution is 0.500. The number of para-hydroxylation sites is 1. The molecule has 4 aromatic rings. The molecule has 1 aromatic carbocycles. The highest BCUT2D eigenvalue weighted by Crippen LogP contribution is 2.27. The van der Waals surface area contributed by atoms with Gasteiger partial charge in [0.1, 0.15) is 5.52 Å². The van der Waals surface area contributed by atoms with Gasteiger partial charge in [-0.1, -0.05) is 30.0 Å². The molecule has 0 fully saturated rings. The van der Waals surface area contributed by atoms with Gasteiger partial charge in [0.25, 0.3) is 4.84 Å². The Bertz CT molecular complexity index is 1050. The van der Waals surface area contributed by atoms with Gasteiger partial charge in [0.2, 0.25) is 11.0 Å². The van der Waals surface area contributed by atoms with E-state index in [-0.39, 0.29) is 4.84 Å². The summed E-state index contributed by atoms with van der Waals surface area (Å²) in [6.07, 6.45) is 0. The summed E-state index contributed by atoms with van der Waals surface area (Å²) in [5, 5.41) is 16.8. The maximum atomic E-state index is 5.23. The third-order valence-electron chi connectivity index (χ3n) is 3.48. The fraction of sp³-hybridized carbons (Fsp3) is 0.214. The summed E-state index contributed by atoms with van der Waals surface area (Å²) in [6.45, 7) is 2.91. The van der Waals surface area contributed by atoms with Gasteiger partial charge in [0.05, 0.1) is 11.3 Å². The first-order chi connectivity index (χ1) is 11.3. The summed E-state index contributed by atoms with van der Waals surface area (Å²) < 4.78 is 7.37. The molecule has 116 valence electrons. The molecule has 7 nitrogen and oxygen atoms in total. The smallest absolute Gasteiger partial charge is 0.284 e.